The number of rotatable bonds is 3. The number of nitrogens with zero attached hydrogens (tertiary/aromatic N) is 2. The average Bonchev–Trinajstić information content (AvgIpc) is 2.37. The minimum atomic E-state index is -0.242. The van der Waals surface area contributed by atoms with Gasteiger partial charge in [-0.15, -0.1) is 11.6 Å². The highest BCUT2D eigenvalue weighted by Gasteiger charge is 2.10. The van der Waals surface area contributed by atoms with Crippen LogP contribution in [0.5, 0.6) is 0 Å². The van der Waals surface area contributed by atoms with Gasteiger partial charge in [-0.3, -0.25) is 0 Å². The Morgan fingerprint density at radius 3 is 2.91 bits per heavy atom. The zero-order chi connectivity index (χ0) is 8.27. The summed E-state index contributed by atoms with van der Waals surface area (Å²) in [5, 5.41) is 3.39. The van der Waals surface area contributed by atoms with Crippen molar-refractivity contribution in [3.63, 3.8) is 0 Å². The quantitative estimate of drug-likeness (QED) is 0.656. The van der Waals surface area contributed by atoms with Crippen molar-refractivity contribution in [2.75, 3.05) is 7.11 Å². The van der Waals surface area contributed by atoms with Gasteiger partial charge in [0.15, 0.2) is 5.82 Å². The Hall–Kier alpha value is -0.610. The molecule has 0 saturated heterocycles. The summed E-state index contributed by atoms with van der Waals surface area (Å²) in [6.45, 7) is 2.12. The van der Waals surface area contributed by atoms with Crippen LogP contribution in [0.1, 0.15) is 24.0 Å². The van der Waals surface area contributed by atoms with Crippen LogP contribution in [-0.2, 0) is 11.3 Å². The van der Waals surface area contributed by atoms with E-state index in [2.05, 4.69) is 10.1 Å². The molecular formula is C6H9ClN2O2. The summed E-state index contributed by atoms with van der Waals surface area (Å²) < 4.78 is 9.60. The molecule has 11 heavy (non-hydrogen) atoms. The zero-order valence-corrected chi connectivity index (χ0v) is 7.13. The summed E-state index contributed by atoms with van der Waals surface area (Å²) in [4.78, 5) is 3.96. The van der Waals surface area contributed by atoms with Gasteiger partial charge >= 0.3 is 0 Å². The molecule has 0 spiro atoms. The van der Waals surface area contributed by atoms with Crippen molar-refractivity contribution in [2.24, 2.45) is 0 Å². The standard InChI is InChI=1S/C6H9ClN2O2/c1-4(7)6-8-5(3-10-2)9-11-6/h4H,3H2,1-2H3. The van der Waals surface area contributed by atoms with Crippen molar-refractivity contribution < 1.29 is 9.26 Å². The van der Waals surface area contributed by atoms with Gasteiger partial charge in [-0.1, -0.05) is 5.16 Å². The largest absolute Gasteiger partial charge is 0.377 e. The third-order valence-electron chi connectivity index (χ3n) is 1.10. The lowest BCUT2D eigenvalue weighted by Crippen LogP contribution is -1.90. The number of methoxy groups -OCH3 is 1. The molecule has 1 heterocycles. The first-order chi connectivity index (χ1) is 5.24. The molecule has 0 N–H and O–H groups in total. The van der Waals surface area contributed by atoms with E-state index in [4.69, 9.17) is 20.9 Å². The SMILES string of the molecule is COCc1noc(C(C)Cl)n1. The third-order valence-corrected chi connectivity index (χ3v) is 1.28. The highest BCUT2D eigenvalue weighted by molar-refractivity contribution is 6.20. The molecule has 0 radical (unpaired) electrons. The second-order valence-corrected chi connectivity index (χ2v) is 2.75. The predicted octanol–water partition coefficient (Wildman–Crippen LogP) is 1.52. The first kappa shape index (κ1) is 8.49. The maximum Gasteiger partial charge on any atom is 0.244 e. The summed E-state index contributed by atoms with van der Waals surface area (Å²) in [6.07, 6.45) is 0. The maximum atomic E-state index is 5.68. The van der Waals surface area contributed by atoms with E-state index in [9.17, 15) is 0 Å². The molecule has 0 saturated carbocycles. The fraction of sp³-hybridized carbons (Fsp3) is 0.667. The number of hydrogen-bond donors (Lipinski definition) is 0. The van der Waals surface area contributed by atoms with Crippen LogP contribution >= 0.6 is 11.6 Å². The molecule has 0 aliphatic carbocycles. The molecule has 1 unspecified atom stereocenters. The van der Waals surface area contributed by atoms with Crippen molar-refractivity contribution in [3.05, 3.63) is 11.7 Å². The van der Waals surface area contributed by atoms with Gasteiger partial charge in [-0.05, 0) is 6.92 Å². The van der Waals surface area contributed by atoms with Gasteiger partial charge in [-0.25, -0.2) is 0 Å². The van der Waals surface area contributed by atoms with Gasteiger partial charge in [0, 0.05) is 7.11 Å². The highest BCUT2D eigenvalue weighted by Crippen LogP contribution is 2.16. The Morgan fingerprint density at radius 1 is 1.73 bits per heavy atom. The van der Waals surface area contributed by atoms with E-state index in [0.717, 1.165) is 0 Å². The van der Waals surface area contributed by atoms with Crippen LogP contribution in [0.15, 0.2) is 4.52 Å². The van der Waals surface area contributed by atoms with E-state index in [1.54, 1.807) is 14.0 Å². The Balaban J connectivity index is 2.66. The molecule has 0 aliphatic heterocycles. The molecule has 1 atom stereocenters. The van der Waals surface area contributed by atoms with Crippen LogP contribution in [0.2, 0.25) is 0 Å². The van der Waals surface area contributed by atoms with E-state index >= 15 is 0 Å². The molecular weight excluding hydrogens is 168 g/mol. The molecule has 1 rings (SSSR count). The maximum absolute atomic E-state index is 5.68. The number of ether oxygens (including phenoxy) is 1. The van der Waals surface area contributed by atoms with Crippen molar-refractivity contribution in [2.45, 2.75) is 18.9 Å². The first-order valence-electron chi connectivity index (χ1n) is 3.19. The van der Waals surface area contributed by atoms with Gasteiger partial charge < -0.3 is 9.26 Å². The van der Waals surface area contributed by atoms with Crippen LogP contribution in [0.25, 0.3) is 0 Å². The molecule has 1 aromatic rings. The third kappa shape index (κ3) is 2.17. The smallest absolute Gasteiger partial charge is 0.244 e. The average molecular weight is 177 g/mol. The summed E-state index contributed by atoms with van der Waals surface area (Å²) in [5.41, 5.74) is 0. The summed E-state index contributed by atoms with van der Waals surface area (Å²) >= 11 is 5.68. The van der Waals surface area contributed by atoms with E-state index in [-0.39, 0.29) is 5.38 Å². The van der Waals surface area contributed by atoms with Gasteiger partial charge in [-0.2, -0.15) is 4.98 Å². The van der Waals surface area contributed by atoms with E-state index in [1.807, 2.05) is 0 Å². The highest BCUT2D eigenvalue weighted by atomic mass is 35.5. The predicted molar refractivity (Wildman–Crippen MR) is 39.3 cm³/mol. The molecule has 0 bridgehead atoms. The Labute approximate surface area is 69.5 Å². The molecule has 0 amide bonds. The van der Waals surface area contributed by atoms with Crippen LogP contribution in [0, 0.1) is 0 Å². The lowest BCUT2D eigenvalue weighted by molar-refractivity contribution is 0.174. The van der Waals surface area contributed by atoms with Gasteiger partial charge in [0.05, 0.1) is 0 Å². The Morgan fingerprint density at radius 2 is 2.45 bits per heavy atom. The number of alkyl halides is 1. The Kier molecular flexibility index (Phi) is 2.84. The lowest BCUT2D eigenvalue weighted by Gasteiger charge is -1.89. The van der Waals surface area contributed by atoms with Crippen molar-refractivity contribution in [3.8, 4) is 0 Å². The molecule has 1 aromatic heterocycles. The number of hydrogen-bond acceptors (Lipinski definition) is 4. The Bertz CT molecular complexity index is 224. The van der Waals surface area contributed by atoms with Crippen LogP contribution < -0.4 is 0 Å². The van der Waals surface area contributed by atoms with Gasteiger partial charge in [0.1, 0.15) is 12.0 Å². The minimum Gasteiger partial charge on any atom is -0.377 e. The summed E-state index contributed by atoms with van der Waals surface area (Å²) in [5.74, 6) is 0.953. The normalized spacial score (nSPS) is 13.4. The van der Waals surface area contributed by atoms with Crippen molar-refractivity contribution in [1.82, 2.24) is 10.1 Å². The fourth-order valence-electron chi connectivity index (χ4n) is 0.617. The number of halogens is 1. The molecule has 0 aliphatic rings. The van der Waals surface area contributed by atoms with Crippen LogP contribution in [0.4, 0.5) is 0 Å². The second kappa shape index (κ2) is 3.69. The van der Waals surface area contributed by atoms with Crippen LogP contribution in [-0.4, -0.2) is 17.3 Å². The summed E-state index contributed by atoms with van der Waals surface area (Å²) in [7, 11) is 1.57. The molecule has 62 valence electrons. The summed E-state index contributed by atoms with van der Waals surface area (Å²) in [6, 6.07) is 0. The topological polar surface area (TPSA) is 48.2 Å². The fourth-order valence-corrected chi connectivity index (χ4v) is 0.705. The van der Waals surface area contributed by atoms with Gasteiger partial charge in [0.25, 0.3) is 0 Å². The second-order valence-electron chi connectivity index (χ2n) is 2.10. The van der Waals surface area contributed by atoms with Crippen molar-refractivity contribution >= 4 is 11.6 Å². The minimum absolute atomic E-state index is 0.242. The number of aromatic nitrogens is 2. The van der Waals surface area contributed by atoms with Gasteiger partial charge in [0.2, 0.25) is 5.89 Å². The van der Waals surface area contributed by atoms with Crippen molar-refractivity contribution in [1.29, 1.82) is 0 Å². The van der Waals surface area contributed by atoms with E-state index < -0.39 is 0 Å². The monoisotopic (exact) mass is 176 g/mol. The first-order valence-corrected chi connectivity index (χ1v) is 3.63. The molecule has 5 heteroatoms. The van der Waals surface area contributed by atoms with Crippen LogP contribution in [0.3, 0.4) is 0 Å². The zero-order valence-electron chi connectivity index (χ0n) is 6.37. The molecule has 0 aromatic carbocycles. The lowest BCUT2D eigenvalue weighted by atomic mass is 10.5. The molecule has 4 nitrogen and oxygen atoms in total. The van der Waals surface area contributed by atoms with E-state index in [1.165, 1.54) is 0 Å². The molecule has 0 fully saturated rings. The van der Waals surface area contributed by atoms with E-state index in [0.29, 0.717) is 18.3 Å².